The molecule has 0 bridgehead atoms. The van der Waals surface area contributed by atoms with Gasteiger partial charge >= 0.3 is 6.03 Å². The summed E-state index contributed by atoms with van der Waals surface area (Å²) in [5.74, 6) is -6.94. The molecule has 102 heavy (non-hydrogen) atoms. The molecule has 2 aliphatic heterocycles. The first kappa shape index (κ1) is 82.8. The van der Waals surface area contributed by atoms with E-state index < -0.39 is 108 Å². The van der Waals surface area contributed by atoms with E-state index in [9.17, 15) is 63.0 Å². The minimum absolute atomic E-state index is 0.0167. The molecular weight excluding hydrogens is 1330 g/mol. The van der Waals surface area contributed by atoms with Crippen molar-refractivity contribution >= 4 is 82.8 Å². The molecule has 18 N–H and O–H groups in total. The van der Waals surface area contributed by atoms with Gasteiger partial charge in [0.1, 0.15) is 53.8 Å². The van der Waals surface area contributed by atoms with Crippen molar-refractivity contribution in [1.82, 2.24) is 63.8 Å². The van der Waals surface area contributed by atoms with Gasteiger partial charge in [-0.25, -0.2) is 4.79 Å². The molecule has 0 radical (unpaired) electrons. The number of nitrogens with zero attached hydrogens (tertiary/aromatic N) is 4. The lowest BCUT2D eigenvalue weighted by Gasteiger charge is -2.29. The number of rotatable bonds is 46. The number of nitrogens with two attached hydrogens (primary N) is 2. The molecule has 2 heterocycles. The molecule has 2 saturated heterocycles. The summed E-state index contributed by atoms with van der Waals surface area (Å²) in [5.41, 5.74) is 21.4. The van der Waals surface area contributed by atoms with Crippen molar-refractivity contribution in [3.63, 3.8) is 0 Å². The van der Waals surface area contributed by atoms with E-state index in [0.717, 1.165) is 50.7 Å². The van der Waals surface area contributed by atoms with E-state index in [-0.39, 0.29) is 124 Å². The monoisotopic (exact) mass is 1440 g/mol. The van der Waals surface area contributed by atoms with Crippen LogP contribution in [0.5, 0.6) is 11.5 Å². The number of phenols is 2. The lowest BCUT2D eigenvalue weighted by Crippen LogP contribution is -2.61. The van der Waals surface area contributed by atoms with E-state index in [4.69, 9.17) is 17.0 Å². The maximum absolute atomic E-state index is 14.9. The molecule has 0 aliphatic carbocycles. The Balaban J connectivity index is 1.28. The molecule has 12 amide bonds. The van der Waals surface area contributed by atoms with Crippen LogP contribution < -0.4 is 75.3 Å². The maximum Gasteiger partial charge on any atom is 0.315 e. The van der Waals surface area contributed by atoms with Gasteiger partial charge in [-0.3, -0.25) is 52.9 Å². The molecular formula is C70H104N18O13S. The number of aromatic hydroxyl groups is 2. The number of carbonyl (C=O) groups is 11. The highest BCUT2D eigenvalue weighted by Gasteiger charge is 2.43. The van der Waals surface area contributed by atoms with Crippen molar-refractivity contribution in [2.24, 2.45) is 33.4 Å². The Bertz CT molecular complexity index is 3320. The van der Waals surface area contributed by atoms with E-state index in [1.165, 1.54) is 43.3 Å². The number of carbonyl (C=O) groups excluding carboxylic acids is 11. The average molecular weight is 1440 g/mol. The summed E-state index contributed by atoms with van der Waals surface area (Å²) in [6.07, 6.45) is 7.28. The summed E-state index contributed by atoms with van der Waals surface area (Å²) in [5, 5.41) is 57.2. The zero-order chi connectivity index (χ0) is 74.5. The van der Waals surface area contributed by atoms with Gasteiger partial charge in [-0.05, 0) is 103 Å². The molecule has 1 unspecified atom stereocenters. The number of amides is 12. The van der Waals surface area contributed by atoms with Crippen LogP contribution in [0.4, 0.5) is 4.79 Å². The summed E-state index contributed by atoms with van der Waals surface area (Å²) in [7, 11) is 0. The Hall–Kier alpha value is -9.84. The molecule has 32 heteroatoms. The first-order valence-electron chi connectivity index (χ1n) is 35.0. The number of fused-ring (bicyclic) bond motifs is 1. The van der Waals surface area contributed by atoms with Crippen LogP contribution in [0.25, 0.3) is 10.4 Å². The number of thioether (sulfide) groups is 1. The Morgan fingerprint density at radius 3 is 1.68 bits per heavy atom. The largest absolute Gasteiger partial charge is 0.508 e. The lowest BCUT2D eigenvalue weighted by atomic mass is 9.99. The van der Waals surface area contributed by atoms with Crippen molar-refractivity contribution < 1.29 is 63.0 Å². The molecule has 3 aromatic rings. The number of phenolic OH excluding ortho intramolecular Hbond substituents is 2. The van der Waals surface area contributed by atoms with Gasteiger partial charge in [0.15, 0.2) is 5.96 Å². The van der Waals surface area contributed by atoms with Gasteiger partial charge in [-0.2, -0.15) is 11.8 Å². The van der Waals surface area contributed by atoms with Crippen LogP contribution in [0.3, 0.4) is 0 Å². The van der Waals surface area contributed by atoms with E-state index in [0.29, 0.717) is 36.1 Å². The fourth-order valence-electron chi connectivity index (χ4n) is 11.8. The number of unbranched alkanes of at least 4 members (excludes halogenated alkanes) is 6. The number of benzene rings is 3. The number of aliphatic imine (C=N–C) groups is 1. The minimum atomic E-state index is -1.48. The summed E-state index contributed by atoms with van der Waals surface area (Å²) < 4.78 is 0. The predicted molar refractivity (Wildman–Crippen MR) is 386 cm³/mol. The number of nitrogens with one attached hydrogen (secondary N) is 12. The predicted octanol–water partition coefficient (Wildman–Crippen LogP) is 2.41. The van der Waals surface area contributed by atoms with Gasteiger partial charge in [-0.15, -0.1) is 0 Å². The van der Waals surface area contributed by atoms with E-state index >= 15 is 0 Å². The molecule has 558 valence electrons. The highest BCUT2D eigenvalue weighted by molar-refractivity contribution is 8.00. The van der Waals surface area contributed by atoms with Crippen LogP contribution in [-0.2, 0) is 67.2 Å². The van der Waals surface area contributed by atoms with Gasteiger partial charge in [0, 0.05) is 74.7 Å². The molecule has 2 aliphatic rings. The van der Waals surface area contributed by atoms with Crippen LogP contribution in [0.15, 0.2) is 89.0 Å². The van der Waals surface area contributed by atoms with Crippen molar-refractivity contribution in [3.8, 4) is 11.5 Å². The summed E-state index contributed by atoms with van der Waals surface area (Å²) in [4.78, 5) is 158. The Kier molecular flexibility index (Phi) is 36.1. The minimum Gasteiger partial charge on any atom is -0.508 e. The fourth-order valence-corrected chi connectivity index (χ4v) is 13.3. The lowest BCUT2D eigenvalue weighted by molar-refractivity contribution is -0.136. The average Bonchev–Trinajstić information content (AvgIpc) is 1.63. The zero-order valence-corrected chi connectivity index (χ0v) is 59.8. The molecule has 3 aromatic carbocycles. The number of urea groups is 1. The van der Waals surface area contributed by atoms with Crippen molar-refractivity contribution in [2.75, 3.05) is 38.5 Å². The zero-order valence-electron chi connectivity index (χ0n) is 58.9. The standard InChI is InChI=1S/C70H104N18O13S/c1-42(2)36-52(63(95)77-40-59(93)80-53(38-46-24-28-48(90)29-25-46)62(94)75-35-34-74-58(92)23-15-14-22-57-61-56(41-102-57)85-70(101)87-61)82-64(96)51(21-17-32-76-69(71)72)81-66(98)54(39-47-26-30-49(91)31-27-47)83-67(99)55(37-45-18-11-10-12-19-45)84-68(100)60(43(3)4)86-65(97)50(79-44(5)89)20-13-8-6-7-9-16-33-78-88-73/h10-12,18-19,24-31,42-43,50-57,60-61,90-91H,6-9,13-17,20-23,32-41H2,1-5H3,(H,74,92)(H,75,94)(H,77,95)(H,79,89)(H,80,93)(H,81,98)(H,82,96)(H,83,99)(H,84,100)(H,86,97)(H4,71,72,76)(H2,85,87,101)/t50?,51-,52-,53-,54-,55-,56+,57-,60-,61+/m0/s1. The van der Waals surface area contributed by atoms with Gasteiger partial charge in [0.2, 0.25) is 59.1 Å². The van der Waals surface area contributed by atoms with Gasteiger partial charge < -0.3 is 85.5 Å². The number of azide groups is 1. The second-order valence-corrected chi connectivity index (χ2v) is 27.7. The number of hydrogen-bond donors (Lipinski definition) is 16. The van der Waals surface area contributed by atoms with Crippen molar-refractivity contribution in [1.29, 1.82) is 0 Å². The third-order valence-electron chi connectivity index (χ3n) is 17.1. The van der Waals surface area contributed by atoms with Gasteiger partial charge in [0.05, 0.1) is 18.6 Å². The second kappa shape index (κ2) is 44.4. The van der Waals surface area contributed by atoms with Crippen molar-refractivity contribution in [2.45, 2.75) is 203 Å². The Labute approximate surface area is 599 Å². The molecule has 2 fully saturated rings. The number of guanidine groups is 1. The highest BCUT2D eigenvalue weighted by Crippen LogP contribution is 2.33. The van der Waals surface area contributed by atoms with Crippen molar-refractivity contribution in [3.05, 3.63) is 106 Å². The van der Waals surface area contributed by atoms with Crippen LogP contribution in [0.1, 0.15) is 141 Å². The fraction of sp³-hybridized carbons (Fsp3) is 0.571. The molecule has 5 rings (SSSR count). The third kappa shape index (κ3) is 31.0. The number of hydrogen-bond acceptors (Lipinski definition) is 16. The smallest absolute Gasteiger partial charge is 0.315 e. The molecule has 0 saturated carbocycles. The molecule has 0 aromatic heterocycles. The molecule has 31 nitrogen and oxygen atoms in total. The highest BCUT2D eigenvalue weighted by atomic mass is 32.2. The normalized spacial score (nSPS) is 16.4. The topological polar surface area (TPSA) is 486 Å². The Morgan fingerprint density at radius 2 is 1.08 bits per heavy atom. The van der Waals surface area contributed by atoms with E-state index in [1.807, 2.05) is 0 Å². The summed E-state index contributed by atoms with van der Waals surface area (Å²) in [6.45, 7) is 8.19. The Morgan fingerprint density at radius 1 is 0.559 bits per heavy atom. The van der Waals surface area contributed by atoms with Crippen LogP contribution in [0.2, 0.25) is 0 Å². The van der Waals surface area contributed by atoms with E-state index in [1.54, 1.807) is 81.9 Å². The third-order valence-corrected chi connectivity index (χ3v) is 18.6. The second-order valence-electron chi connectivity index (χ2n) is 26.4. The van der Waals surface area contributed by atoms with Crippen LogP contribution in [0, 0.1) is 11.8 Å². The molecule has 10 atom stereocenters. The maximum atomic E-state index is 14.9. The summed E-state index contributed by atoms with van der Waals surface area (Å²) >= 11 is 1.80. The summed E-state index contributed by atoms with van der Waals surface area (Å²) in [6, 6.07) is 11.6. The first-order valence-corrected chi connectivity index (χ1v) is 36.1. The molecule has 0 spiro atoms. The van der Waals surface area contributed by atoms with E-state index in [2.05, 4.69) is 78.8 Å². The van der Waals surface area contributed by atoms with Gasteiger partial charge in [-0.1, -0.05) is 126 Å². The SMILES string of the molecule is CC(=O)NC(CCCCCCCCN=[N+]=[N-])C(=O)N[C@H](C(=O)N[C@@H](Cc1ccccc1)C(=O)N[C@@H](Cc1ccc(O)cc1)C(=O)N[C@@H](CCCN=C(N)N)C(=O)N[C@@H](CC(C)C)C(=O)NCC(=O)N[C@@H](Cc1ccc(O)cc1)C(=O)NCCNC(=O)CCCC[C@@H]1SC[C@H]2NC(=O)N[C@@H]12)C(C)C. The van der Waals surface area contributed by atoms with Crippen LogP contribution >= 0.6 is 11.8 Å². The quantitative estimate of drug-likeness (QED) is 0.00734. The van der Waals surface area contributed by atoms with Crippen LogP contribution in [-0.4, -0.2) is 179 Å². The van der Waals surface area contributed by atoms with Gasteiger partial charge in [0.25, 0.3) is 0 Å². The first-order chi connectivity index (χ1) is 48.8.